The van der Waals surface area contributed by atoms with Gasteiger partial charge in [0.15, 0.2) is 0 Å². The number of nitrogens with one attached hydrogen (secondary N) is 3. The first-order valence-electron chi connectivity index (χ1n) is 16.3. The Balaban J connectivity index is 1.31. The van der Waals surface area contributed by atoms with E-state index in [0.29, 0.717) is 40.1 Å². The fraction of sp³-hybridized carbons (Fsp3) is 0.471. The number of anilines is 1. The van der Waals surface area contributed by atoms with Crippen LogP contribution in [0.15, 0.2) is 55.8 Å². The van der Waals surface area contributed by atoms with Crippen molar-refractivity contribution in [2.24, 2.45) is 11.3 Å². The molecule has 2 aliphatic carbocycles. The van der Waals surface area contributed by atoms with Crippen molar-refractivity contribution in [3.63, 3.8) is 0 Å². The maximum Gasteiger partial charge on any atom is 0.259 e. The van der Waals surface area contributed by atoms with Gasteiger partial charge in [0.05, 0.1) is 43.2 Å². The van der Waals surface area contributed by atoms with E-state index in [9.17, 15) is 22.8 Å². The zero-order valence-corrected chi connectivity index (χ0v) is 29.8. The number of rotatable bonds is 12. The number of likely N-dealkylation sites (tertiary alicyclic amines) is 1. The van der Waals surface area contributed by atoms with Gasteiger partial charge in [-0.2, -0.15) is 0 Å². The van der Waals surface area contributed by atoms with E-state index in [-0.39, 0.29) is 25.3 Å². The summed E-state index contributed by atoms with van der Waals surface area (Å²) in [7, 11) is -2.35. The summed E-state index contributed by atoms with van der Waals surface area (Å²) in [4.78, 5) is 56.2. The fourth-order valence-electron chi connectivity index (χ4n) is 6.33. The van der Waals surface area contributed by atoms with Gasteiger partial charge in [-0.3, -0.25) is 19.1 Å². The number of halogens is 1. The van der Waals surface area contributed by atoms with Crippen LogP contribution in [-0.4, -0.2) is 88.6 Å². The number of benzene rings is 1. The van der Waals surface area contributed by atoms with Crippen LogP contribution in [-0.2, 0) is 24.4 Å². The number of carbonyl (C=O) groups is 3. The molecule has 1 saturated heterocycles. The van der Waals surface area contributed by atoms with Crippen molar-refractivity contribution >= 4 is 55.8 Å². The summed E-state index contributed by atoms with van der Waals surface area (Å²) in [5, 5.41) is 7.16. The van der Waals surface area contributed by atoms with Gasteiger partial charge in [0, 0.05) is 28.1 Å². The zero-order valence-electron chi connectivity index (χ0n) is 28.2. The smallest absolute Gasteiger partial charge is 0.259 e. The van der Waals surface area contributed by atoms with Crippen LogP contribution in [0.4, 0.5) is 5.69 Å². The first-order valence-corrected chi connectivity index (χ1v) is 18.2. The summed E-state index contributed by atoms with van der Waals surface area (Å²) >= 11 is 6.33. The first kappa shape index (κ1) is 35.3. The lowest BCUT2D eigenvalue weighted by molar-refractivity contribution is -0.141. The molecule has 50 heavy (non-hydrogen) atoms. The Kier molecular flexibility index (Phi) is 9.41. The van der Waals surface area contributed by atoms with Gasteiger partial charge in [0.1, 0.15) is 35.8 Å². The van der Waals surface area contributed by atoms with Gasteiger partial charge in [-0.15, -0.1) is 6.58 Å². The summed E-state index contributed by atoms with van der Waals surface area (Å²) in [6, 6.07) is 3.30. The second-order valence-electron chi connectivity index (χ2n) is 14.1. The van der Waals surface area contributed by atoms with E-state index in [0.717, 1.165) is 0 Å². The van der Waals surface area contributed by atoms with Crippen molar-refractivity contribution in [2.45, 2.75) is 75.4 Å². The monoisotopic (exact) mass is 725 g/mol. The van der Waals surface area contributed by atoms with E-state index in [2.05, 4.69) is 36.9 Å². The van der Waals surface area contributed by atoms with E-state index in [4.69, 9.17) is 21.1 Å². The molecule has 3 aliphatic rings. The third-order valence-corrected chi connectivity index (χ3v) is 11.4. The summed E-state index contributed by atoms with van der Waals surface area (Å²) in [5.74, 6) is -1.59. The second kappa shape index (κ2) is 13.3. The molecule has 1 unspecified atom stereocenters. The van der Waals surface area contributed by atoms with E-state index in [1.54, 1.807) is 30.6 Å². The molecular formula is C34H40ClN7O7S. The minimum absolute atomic E-state index is 0.00633. The third-order valence-electron chi connectivity index (χ3n) is 9.36. The molecule has 3 N–H and O–H groups in total. The number of pyridine rings is 1. The highest BCUT2D eigenvalue weighted by atomic mass is 35.5. The van der Waals surface area contributed by atoms with Crippen LogP contribution in [0.5, 0.6) is 11.6 Å². The molecule has 3 aromatic rings. The Labute approximate surface area is 295 Å². The van der Waals surface area contributed by atoms with Gasteiger partial charge in [-0.1, -0.05) is 38.4 Å². The molecular weight excluding hydrogens is 686 g/mol. The van der Waals surface area contributed by atoms with Crippen LogP contribution in [0.3, 0.4) is 0 Å². The molecule has 3 fully saturated rings. The minimum Gasteiger partial charge on any atom is -0.494 e. The van der Waals surface area contributed by atoms with Crippen LogP contribution in [0, 0.1) is 11.3 Å². The number of hydrogen-bond acceptors (Lipinski definition) is 11. The molecule has 5 atom stereocenters. The molecule has 3 amide bonds. The Morgan fingerprint density at radius 1 is 1.14 bits per heavy atom. The van der Waals surface area contributed by atoms with Crippen LogP contribution in [0.25, 0.3) is 10.8 Å². The van der Waals surface area contributed by atoms with Gasteiger partial charge in [-0.25, -0.2) is 23.4 Å². The van der Waals surface area contributed by atoms with Crippen molar-refractivity contribution in [1.82, 2.24) is 29.9 Å². The van der Waals surface area contributed by atoms with Crippen LogP contribution in [0.1, 0.15) is 46.5 Å². The molecule has 2 aromatic heterocycles. The number of sulfonamides is 1. The topological polar surface area (TPSA) is 182 Å². The quantitative estimate of drug-likeness (QED) is 0.233. The van der Waals surface area contributed by atoms with Gasteiger partial charge >= 0.3 is 0 Å². The Hall–Kier alpha value is -4.50. The van der Waals surface area contributed by atoms with Crippen LogP contribution < -0.4 is 24.8 Å². The predicted molar refractivity (Wildman–Crippen MR) is 186 cm³/mol. The molecule has 0 bridgehead atoms. The molecule has 2 saturated carbocycles. The second-order valence-corrected chi connectivity index (χ2v) is 16.5. The predicted octanol–water partition coefficient (Wildman–Crippen LogP) is 3.23. The van der Waals surface area contributed by atoms with Gasteiger partial charge in [0.25, 0.3) is 5.91 Å². The van der Waals surface area contributed by atoms with Gasteiger partial charge < -0.3 is 25.0 Å². The lowest BCUT2D eigenvalue weighted by Gasteiger charge is -2.36. The number of fused-ring (bicyclic) bond motifs is 1. The van der Waals surface area contributed by atoms with Crippen molar-refractivity contribution in [3.8, 4) is 11.6 Å². The summed E-state index contributed by atoms with van der Waals surface area (Å²) < 4.78 is 39.4. The largest absolute Gasteiger partial charge is 0.494 e. The molecule has 1 aromatic carbocycles. The number of carbonyl (C=O) groups excluding carboxylic acids is 3. The number of nitrogens with zero attached hydrogens (tertiary/aromatic N) is 4. The molecule has 0 radical (unpaired) electrons. The van der Waals surface area contributed by atoms with E-state index in [1.807, 2.05) is 20.8 Å². The number of aromatic nitrogens is 3. The maximum atomic E-state index is 14.5. The zero-order chi connectivity index (χ0) is 36.0. The molecule has 14 nitrogen and oxygen atoms in total. The van der Waals surface area contributed by atoms with Crippen molar-refractivity contribution < 1.29 is 32.3 Å². The number of amides is 3. The number of hydrogen-bond donors (Lipinski definition) is 3. The average molecular weight is 726 g/mol. The van der Waals surface area contributed by atoms with E-state index < -0.39 is 68.1 Å². The Morgan fingerprint density at radius 2 is 1.86 bits per heavy atom. The van der Waals surface area contributed by atoms with E-state index in [1.165, 1.54) is 30.6 Å². The minimum atomic E-state index is -3.88. The lowest BCUT2D eigenvalue weighted by Crippen LogP contribution is -2.58. The van der Waals surface area contributed by atoms with E-state index >= 15 is 0 Å². The van der Waals surface area contributed by atoms with Crippen LogP contribution >= 0.6 is 11.6 Å². The van der Waals surface area contributed by atoms with Crippen molar-refractivity contribution in [1.29, 1.82) is 0 Å². The molecule has 16 heteroatoms. The summed E-state index contributed by atoms with van der Waals surface area (Å²) in [5.41, 5.74) is -1.65. The highest BCUT2D eigenvalue weighted by molar-refractivity contribution is 7.91. The Morgan fingerprint density at radius 3 is 2.48 bits per heavy atom. The SMILES string of the molecule is C=C[C@@H]1C[C@]1(NC(=O)[C@@H]1C[C@@H](Oc2ncc(OC)c3ccc(Cl)cc23)CN1C(=O)C(Nc1cncnc1)C(C)(C)C)C(=O)NS(=O)(=O)C1CC1. The maximum absolute atomic E-state index is 14.5. The molecule has 266 valence electrons. The standard InChI is InChI=1S/C34H40ClN7O7S/c1-6-19-13-34(19,32(45)41-50(46,47)23-8-9-23)40-29(43)26-12-22(49-30-25-11-20(35)7-10-24(25)27(48-5)16-38-30)17-42(26)31(44)28(33(2,3)4)39-21-14-36-18-37-15-21/h6-7,10-11,14-16,18-19,22-23,26,28,39H,1,8-9,12-13,17H2,2-5H3,(H,40,43)(H,41,45)/t19-,22-,26+,28?,34-/m1/s1. The highest BCUT2D eigenvalue weighted by Gasteiger charge is 2.62. The highest BCUT2D eigenvalue weighted by Crippen LogP contribution is 2.46. The Bertz CT molecular complexity index is 1940. The lowest BCUT2D eigenvalue weighted by atomic mass is 9.85. The fourth-order valence-corrected chi connectivity index (χ4v) is 7.86. The number of ether oxygens (including phenoxy) is 2. The van der Waals surface area contributed by atoms with Crippen molar-refractivity contribution in [3.05, 3.63) is 60.8 Å². The molecule has 0 spiro atoms. The molecule has 1 aliphatic heterocycles. The molecule has 6 rings (SSSR count). The first-order chi connectivity index (χ1) is 23.7. The molecule has 3 heterocycles. The summed E-state index contributed by atoms with van der Waals surface area (Å²) in [6.45, 7) is 9.45. The summed E-state index contributed by atoms with van der Waals surface area (Å²) in [6.07, 6.45) is 7.96. The van der Waals surface area contributed by atoms with Gasteiger partial charge in [0.2, 0.25) is 27.7 Å². The number of methoxy groups -OCH3 is 1. The van der Waals surface area contributed by atoms with Gasteiger partial charge in [-0.05, 0) is 42.9 Å². The third kappa shape index (κ3) is 7.06. The normalized spacial score (nSPS) is 23.9. The average Bonchev–Trinajstić information content (AvgIpc) is 4.00. The van der Waals surface area contributed by atoms with Crippen LogP contribution in [0.2, 0.25) is 5.02 Å². The van der Waals surface area contributed by atoms with Crippen molar-refractivity contribution in [2.75, 3.05) is 19.0 Å².